The van der Waals surface area contributed by atoms with Crippen molar-refractivity contribution in [3.05, 3.63) is 78.5 Å². The van der Waals surface area contributed by atoms with Crippen LogP contribution in [0.4, 0.5) is 0 Å². The number of ether oxygens (including phenoxy) is 1. The number of nitrogens with one attached hydrogen (secondary N) is 1. The molecule has 1 N–H and O–H groups in total. The molecule has 0 unspecified atom stereocenters. The number of allylic oxidation sites excluding steroid dienone is 1. The molecule has 5 nitrogen and oxygen atoms in total. The van der Waals surface area contributed by atoms with Gasteiger partial charge in [-0.2, -0.15) is 5.10 Å². The third kappa shape index (κ3) is 4.44. The first-order valence-corrected chi connectivity index (χ1v) is 8.98. The van der Waals surface area contributed by atoms with Crippen LogP contribution in [0.15, 0.2) is 72.5 Å². The van der Waals surface area contributed by atoms with Crippen molar-refractivity contribution in [2.45, 2.75) is 19.9 Å². The lowest BCUT2D eigenvalue weighted by atomic mass is 10.2. The summed E-state index contributed by atoms with van der Waals surface area (Å²) in [6.07, 6.45) is 6.46. The standard InChI is InChI=1S/C22H23N3O2/c1-3-13-25-16-18(20-7-5-6-8-21(20)25)15-23-24-22(26)17-9-11-19(12-10-17)27-14-4-2/h3,5-12,15-16H,1,4,13-14H2,2H3,(H,24,26)/b23-15-. The number of carbonyl (C=O) groups is 1. The fourth-order valence-corrected chi connectivity index (χ4v) is 2.82. The molecule has 1 amide bonds. The van der Waals surface area contributed by atoms with Gasteiger partial charge in [0.05, 0.1) is 12.8 Å². The summed E-state index contributed by atoms with van der Waals surface area (Å²) in [4.78, 5) is 12.2. The van der Waals surface area contributed by atoms with Gasteiger partial charge in [0, 0.05) is 34.8 Å². The zero-order chi connectivity index (χ0) is 19.1. The third-order valence-electron chi connectivity index (χ3n) is 4.10. The minimum Gasteiger partial charge on any atom is -0.494 e. The molecule has 0 aliphatic rings. The van der Waals surface area contributed by atoms with Gasteiger partial charge in [0.15, 0.2) is 0 Å². The van der Waals surface area contributed by atoms with E-state index in [-0.39, 0.29) is 5.91 Å². The molecular weight excluding hydrogens is 338 g/mol. The molecule has 0 saturated carbocycles. The van der Waals surface area contributed by atoms with Gasteiger partial charge in [-0.15, -0.1) is 6.58 Å². The molecule has 138 valence electrons. The van der Waals surface area contributed by atoms with Crippen LogP contribution in [0.2, 0.25) is 0 Å². The van der Waals surface area contributed by atoms with Gasteiger partial charge >= 0.3 is 0 Å². The fraction of sp³-hybridized carbons (Fsp3) is 0.182. The maximum Gasteiger partial charge on any atom is 0.271 e. The van der Waals surface area contributed by atoms with Gasteiger partial charge in [-0.25, -0.2) is 5.43 Å². The van der Waals surface area contributed by atoms with E-state index in [0.29, 0.717) is 18.7 Å². The number of hydrazone groups is 1. The Morgan fingerprint density at radius 3 is 2.74 bits per heavy atom. The van der Waals surface area contributed by atoms with Crippen molar-refractivity contribution in [1.29, 1.82) is 0 Å². The summed E-state index contributed by atoms with van der Waals surface area (Å²) >= 11 is 0. The van der Waals surface area contributed by atoms with Gasteiger partial charge in [0.1, 0.15) is 5.75 Å². The Labute approximate surface area is 159 Å². The van der Waals surface area contributed by atoms with E-state index in [0.717, 1.165) is 28.6 Å². The van der Waals surface area contributed by atoms with Crippen LogP contribution in [0, 0.1) is 0 Å². The molecule has 3 rings (SSSR count). The number of fused-ring (bicyclic) bond motifs is 1. The number of rotatable bonds is 8. The van der Waals surface area contributed by atoms with E-state index in [2.05, 4.69) is 34.7 Å². The van der Waals surface area contributed by atoms with Crippen LogP contribution >= 0.6 is 0 Å². The van der Waals surface area contributed by atoms with Crippen molar-refractivity contribution in [1.82, 2.24) is 9.99 Å². The number of hydrogen-bond acceptors (Lipinski definition) is 3. The van der Waals surface area contributed by atoms with Crippen LogP contribution in [0.3, 0.4) is 0 Å². The Morgan fingerprint density at radius 2 is 2.00 bits per heavy atom. The van der Waals surface area contributed by atoms with Crippen molar-refractivity contribution in [2.75, 3.05) is 6.61 Å². The average molecular weight is 361 g/mol. The molecule has 5 heteroatoms. The fourth-order valence-electron chi connectivity index (χ4n) is 2.82. The first-order chi connectivity index (χ1) is 13.2. The number of aromatic nitrogens is 1. The monoisotopic (exact) mass is 361 g/mol. The maximum atomic E-state index is 12.2. The Hall–Kier alpha value is -3.34. The van der Waals surface area contributed by atoms with Gasteiger partial charge < -0.3 is 9.30 Å². The van der Waals surface area contributed by atoms with Crippen LogP contribution in [0.25, 0.3) is 10.9 Å². The highest BCUT2D eigenvalue weighted by atomic mass is 16.5. The highest BCUT2D eigenvalue weighted by Gasteiger charge is 2.07. The molecule has 0 aliphatic carbocycles. The minimum atomic E-state index is -0.261. The second-order valence-electron chi connectivity index (χ2n) is 6.11. The number of carbonyl (C=O) groups excluding carboxylic acids is 1. The van der Waals surface area contributed by atoms with Crippen LogP contribution in [-0.2, 0) is 6.54 Å². The molecule has 3 aromatic rings. The first-order valence-electron chi connectivity index (χ1n) is 8.98. The van der Waals surface area contributed by atoms with Crippen LogP contribution < -0.4 is 10.2 Å². The average Bonchev–Trinajstić information content (AvgIpc) is 3.05. The number of hydrogen-bond donors (Lipinski definition) is 1. The van der Waals surface area contributed by atoms with E-state index in [4.69, 9.17) is 4.74 Å². The predicted molar refractivity (Wildman–Crippen MR) is 109 cm³/mol. The second kappa shape index (κ2) is 8.85. The molecule has 0 bridgehead atoms. The Morgan fingerprint density at radius 1 is 1.22 bits per heavy atom. The zero-order valence-corrected chi connectivity index (χ0v) is 15.4. The lowest BCUT2D eigenvalue weighted by Gasteiger charge is -2.05. The number of benzene rings is 2. The van der Waals surface area contributed by atoms with E-state index in [1.54, 1.807) is 30.5 Å². The topological polar surface area (TPSA) is 55.6 Å². The van der Waals surface area contributed by atoms with E-state index in [1.165, 1.54) is 0 Å². The molecule has 1 heterocycles. The molecule has 0 spiro atoms. The van der Waals surface area contributed by atoms with Crippen LogP contribution in [-0.4, -0.2) is 23.3 Å². The van der Waals surface area contributed by atoms with Gasteiger partial charge in [0.25, 0.3) is 5.91 Å². The molecule has 27 heavy (non-hydrogen) atoms. The van der Waals surface area contributed by atoms with Gasteiger partial charge in [-0.3, -0.25) is 4.79 Å². The van der Waals surface area contributed by atoms with Crippen molar-refractivity contribution in [2.24, 2.45) is 5.10 Å². The number of para-hydroxylation sites is 1. The lowest BCUT2D eigenvalue weighted by Crippen LogP contribution is -2.17. The first kappa shape index (κ1) is 18.5. The van der Waals surface area contributed by atoms with E-state index >= 15 is 0 Å². The number of amides is 1. The van der Waals surface area contributed by atoms with Crippen LogP contribution in [0.1, 0.15) is 29.3 Å². The normalized spacial score (nSPS) is 11.0. The van der Waals surface area contributed by atoms with Crippen LogP contribution in [0.5, 0.6) is 5.75 Å². The van der Waals surface area contributed by atoms with Crippen molar-refractivity contribution in [3.8, 4) is 5.75 Å². The largest absolute Gasteiger partial charge is 0.494 e. The second-order valence-corrected chi connectivity index (χ2v) is 6.11. The maximum absolute atomic E-state index is 12.2. The quantitative estimate of drug-likeness (QED) is 0.368. The minimum absolute atomic E-state index is 0.261. The van der Waals surface area contributed by atoms with Gasteiger partial charge in [-0.1, -0.05) is 31.2 Å². The molecule has 0 atom stereocenters. The summed E-state index contributed by atoms with van der Waals surface area (Å²) in [7, 11) is 0. The molecule has 1 aromatic heterocycles. The Balaban J connectivity index is 1.69. The molecule has 0 radical (unpaired) electrons. The lowest BCUT2D eigenvalue weighted by molar-refractivity contribution is 0.0955. The van der Waals surface area contributed by atoms with Gasteiger partial charge in [-0.05, 0) is 36.8 Å². The van der Waals surface area contributed by atoms with Crippen molar-refractivity contribution in [3.63, 3.8) is 0 Å². The summed E-state index contributed by atoms with van der Waals surface area (Å²) < 4.78 is 7.62. The smallest absolute Gasteiger partial charge is 0.271 e. The SMILES string of the molecule is C=CCn1cc(/C=N\NC(=O)c2ccc(OCCC)cc2)c2ccccc21. The summed E-state index contributed by atoms with van der Waals surface area (Å²) in [5, 5.41) is 5.20. The highest BCUT2D eigenvalue weighted by Crippen LogP contribution is 2.20. The zero-order valence-electron chi connectivity index (χ0n) is 15.4. The van der Waals surface area contributed by atoms with E-state index in [9.17, 15) is 4.79 Å². The van der Waals surface area contributed by atoms with E-state index < -0.39 is 0 Å². The summed E-state index contributed by atoms with van der Waals surface area (Å²) in [6.45, 7) is 7.22. The van der Waals surface area contributed by atoms with Crippen molar-refractivity contribution < 1.29 is 9.53 Å². The summed E-state index contributed by atoms with van der Waals surface area (Å²) in [6, 6.07) is 15.1. The van der Waals surface area contributed by atoms with E-state index in [1.807, 2.05) is 30.5 Å². The predicted octanol–water partition coefficient (Wildman–Crippen LogP) is 4.38. The Kier molecular flexibility index (Phi) is 6.05. The van der Waals surface area contributed by atoms with Crippen molar-refractivity contribution >= 4 is 23.0 Å². The Bertz CT molecular complexity index is 955. The molecule has 2 aromatic carbocycles. The number of nitrogens with zero attached hydrogens (tertiary/aromatic N) is 2. The molecular formula is C22H23N3O2. The third-order valence-corrected chi connectivity index (χ3v) is 4.10. The molecule has 0 saturated heterocycles. The molecule has 0 aliphatic heterocycles. The van der Waals surface area contributed by atoms with Gasteiger partial charge in [0.2, 0.25) is 0 Å². The molecule has 0 fully saturated rings. The summed E-state index contributed by atoms with van der Waals surface area (Å²) in [5.41, 5.74) is 5.15. The highest BCUT2D eigenvalue weighted by molar-refractivity contribution is 6.00. The summed E-state index contributed by atoms with van der Waals surface area (Å²) in [5.74, 6) is 0.495.